The first-order chi connectivity index (χ1) is 10.6. The molecule has 1 N–H and O–H groups in total. The van der Waals surface area contributed by atoms with Crippen molar-refractivity contribution in [3.63, 3.8) is 0 Å². The molecule has 0 aliphatic heterocycles. The lowest BCUT2D eigenvalue weighted by Crippen LogP contribution is -2.14. The third kappa shape index (κ3) is 3.01. The molecule has 3 rings (SSSR count). The quantitative estimate of drug-likeness (QED) is 0.696. The molecule has 4 heteroatoms. The van der Waals surface area contributed by atoms with Gasteiger partial charge in [-0.15, -0.1) is 0 Å². The highest BCUT2D eigenvalue weighted by atomic mass is 16.5. The van der Waals surface area contributed by atoms with Crippen LogP contribution < -0.4 is 0 Å². The minimum atomic E-state index is -0.575. The molecule has 22 heavy (non-hydrogen) atoms. The average molecular weight is 296 g/mol. The monoisotopic (exact) mass is 296 g/mol. The highest BCUT2D eigenvalue weighted by molar-refractivity contribution is 5.99. The lowest BCUT2D eigenvalue weighted by atomic mass is 10.0. The van der Waals surface area contributed by atoms with Crippen molar-refractivity contribution in [3.05, 3.63) is 64.7 Å². The second kappa shape index (κ2) is 6.02. The summed E-state index contributed by atoms with van der Waals surface area (Å²) in [5, 5.41) is 9.18. The van der Waals surface area contributed by atoms with Gasteiger partial charge in [0.2, 0.25) is 0 Å². The van der Waals surface area contributed by atoms with Crippen molar-refractivity contribution in [2.75, 3.05) is 6.61 Å². The lowest BCUT2D eigenvalue weighted by molar-refractivity contribution is 0.0474. The minimum Gasteiger partial charge on any atom is -0.508 e. The Labute approximate surface area is 128 Å². The maximum Gasteiger partial charge on any atom is 0.338 e. The second-order valence-corrected chi connectivity index (χ2v) is 5.38. The molecule has 0 aromatic heterocycles. The van der Waals surface area contributed by atoms with E-state index in [1.54, 1.807) is 6.07 Å². The van der Waals surface area contributed by atoms with Crippen molar-refractivity contribution in [1.29, 1.82) is 0 Å². The summed E-state index contributed by atoms with van der Waals surface area (Å²) in [6.45, 7) is -0.279. The van der Waals surface area contributed by atoms with Gasteiger partial charge < -0.3 is 9.84 Å². The molecule has 2 aromatic carbocycles. The van der Waals surface area contributed by atoms with Crippen molar-refractivity contribution in [3.8, 4) is 5.75 Å². The molecular weight excluding hydrogens is 280 g/mol. The van der Waals surface area contributed by atoms with Gasteiger partial charge in [-0.05, 0) is 60.7 Å². The van der Waals surface area contributed by atoms with Gasteiger partial charge >= 0.3 is 5.97 Å². The molecule has 4 nitrogen and oxygen atoms in total. The summed E-state index contributed by atoms with van der Waals surface area (Å²) in [7, 11) is 0. The molecule has 0 bridgehead atoms. The Hall–Kier alpha value is -2.62. The largest absolute Gasteiger partial charge is 0.508 e. The van der Waals surface area contributed by atoms with E-state index in [1.807, 2.05) is 12.1 Å². The lowest BCUT2D eigenvalue weighted by Gasteiger charge is -2.06. The highest BCUT2D eigenvalue weighted by Gasteiger charge is 2.15. The molecule has 0 amide bonds. The molecule has 0 fully saturated rings. The smallest absolute Gasteiger partial charge is 0.338 e. The van der Waals surface area contributed by atoms with E-state index in [4.69, 9.17) is 4.74 Å². The number of ether oxygens (including phenoxy) is 1. The Morgan fingerprint density at radius 3 is 2.41 bits per heavy atom. The first-order valence-corrected chi connectivity index (χ1v) is 7.24. The molecule has 1 aliphatic carbocycles. The number of benzene rings is 2. The van der Waals surface area contributed by atoms with Gasteiger partial charge in [-0.1, -0.05) is 12.1 Å². The van der Waals surface area contributed by atoms with Crippen molar-refractivity contribution in [2.45, 2.75) is 19.3 Å². The third-order valence-corrected chi connectivity index (χ3v) is 3.86. The van der Waals surface area contributed by atoms with Gasteiger partial charge in [-0.2, -0.15) is 0 Å². The van der Waals surface area contributed by atoms with Gasteiger partial charge in [0, 0.05) is 5.56 Å². The zero-order chi connectivity index (χ0) is 15.5. The van der Waals surface area contributed by atoms with Crippen LogP contribution in [0.25, 0.3) is 0 Å². The Bertz CT molecular complexity index is 716. The van der Waals surface area contributed by atoms with Crippen LogP contribution in [0.4, 0.5) is 0 Å². The summed E-state index contributed by atoms with van der Waals surface area (Å²) < 4.78 is 5.03. The number of rotatable bonds is 4. The van der Waals surface area contributed by atoms with Crippen LogP contribution in [0.15, 0.2) is 42.5 Å². The SMILES string of the molecule is O=C(COC(=O)c1ccc(O)cc1)c1ccc2c(c1)CCC2. The fourth-order valence-electron chi connectivity index (χ4n) is 2.64. The molecule has 0 saturated carbocycles. The summed E-state index contributed by atoms with van der Waals surface area (Å²) in [4.78, 5) is 23.9. The highest BCUT2D eigenvalue weighted by Crippen LogP contribution is 2.23. The molecule has 0 spiro atoms. The molecule has 112 valence electrons. The van der Waals surface area contributed by atoms with Crippen LogP contribution in [0.5, 0.6) is 5.75 Å². The number of ketones is 1. The van der Waals surface area contributed by atoms with E-state index in [-0.39, 0.29) is 18.1 Å². The Balaban J connectivity index is 1.62. The summed E-state index contributed by atoms with van der Waals surface area (Å²) in [5.41, 5.74) is 3.41. The normalized spacial score (nSPS) is 12.7. The van der Waals surface area contributed by atoms with Crippen molar-refractivity contribution >= 4 is 11.8 Å². The number of esters is 1. The predicted molar refractivity (Wildman–Crippen MR) is 81.2 cm³/mol. The second-order valence-electron chi connectivity index (χ2n) is 5.38. The number of aromatic hydroxyl groups is 1. The maximum absolute atomic E-state index is 12.1. The minimum absolute atomic E-state index is 0.0748. The van der Waals surface area contributed by atoms with E-state index >= 15 is 0 Å². The van der Waals surface area contributed by atoms with E-state index in [0.717, 1.165) is 19.3 Å². The predicted octanol–water partition coefficient (Wildman–Crippen LogP) is 2.92. The standard InChI is InChI=1S/C18H16O4/c19-16-8-6-13(7-9-16)18(21)22-11-17(20)15-5-4-12-2-1-3-14(12)10-15/h4-10,19H,1-3,11H2. The zero-order valence-corrected chi connectivity index (χ0v) is 12.0. The Kier molecular flexibility index (Phi) is 3.92. The number of hydrogen-bond donors (Lipinski definition) is 1. The molecule has 2 aromatic rings. The molecule has 0 radical (unpaired) electrons. The van der Waals surface area contributed by atoms with Crippen LogP contribution in [-0.4, -0.2) is 23.5 Å². The number of carbonyl (C=O) groups excluding carboxylic acids is 2. The van der Waals surface area contributed by atoms with Crippen molar-refractivity contribution < 1.29 is 19.4 Å². The van der Waals surface area contributed by atoms with Gasteiger partial charge in [0.1, 0.15) is 5.75 Å². The van der Waals surface area contributed by atoms with E-state index in [9.17, 15) is 14.7 Å². The fourth-order valence-corrected chi connectivity index (χ4v) is 2.64. The summed E-state index contributed by atoms with van der Waals surface area (Å²) >= 11 is 0. The van der Waals surface area contributed by atoms with Gasteiger partial charge in [-0.3, -0.25) is 4.79 Å². The Morgan fingerprint density at radius 2 is 1.64 bits per heavy atom. The van der Waals surface area contributed by atoms with Gasteiger partial charge in [0.05, 0.1) is 5.56 Å². The first-order valence-electron chi connectivity index (χ1n) is 7.24. The van der Waals surface area contributed by atoms with Crippen LogP contribution in [-0.2, 0) is 17.6 Å². The Morgan fingerprint density at radius 1 is 0.955 bits per heavy atom. The number of fused-ring (bicyclic) bond motifs is 1. The van der Waals surface area contributed by atoms with Gasteiger partial charge in [0.25, 0.3) is 0 Å². The van der Waals surface area contributed by atoms with Crippen molar-refractivity contribution in [1.82, 2.24) is 0 Å². The molecular formula is C18H16O4. The van der Waals surface area contributed by atoms with E-state index in [2.05, 4.69) is 0 Å². The topological polar surface area (TPSA) is 63.6 Å². The number of aryl methyl sites for hydroxylation is 2. The summed E-state index contributed by atoms with van der Waals surface area (Å²) in [6, 6.07) is 11.4. The van der Waals surface area contributed by atoms with Crippen LogP contribution in [0.1, 0.15) is 38.3 Å². The van der Waals surface area contributed by atoms with Crippen LogP contribution >= 0.6 is 0 Å². The van der Waals surface area contributed by atoms with Crippen LogP contribution in [0, 0.1) is 0 Å². The zero-order valence-electron chi connectivity index (χ0n) is 12.0. The fraction of sp³-hybridized carbons (Fsp3) is 0.222. The third-order valence-electron chi connectivity index (χ3n) is 3.86. The number of hydrogen-bond acceptors (Lipinski definition) is 4. The van der Waals surface area contributed by atoms with Crippen LogP contribution in [0.3, 0.4) is 0 Å². The molecule has 1 aliphatic rings. The molecule has 0 atom stereocenters. The molecule has 0 unspecified atom stereocenters. The molecule has 0 saturated heterocycles. The van der Waals surface area contributed by atoms with Crippen LogP contribution in [0.2, 0.25) is 0 Å². The number of phenols is 1. The number of carbonyl (C=O) groups is 2. The van der Waals surface area contributed by atoms with E-state index < -0.39 is 5.97 Å². The van der Waals surface area contributed by atoms with E-state index in [1.165, 1.54) is 35.4 Å². The van der Waals surface area contributed by atoms with E-state index in [0.29, 0.717) is 11.1 Å². The maximum atomic E-state index is 12.1. The number of Topliss-reactive ketones (excluding diaryl/α,β-unsaturated/α-hetero) is 1. The van der Waals surface area contributed by atoms with Gasteiger partial charge in [0.15, 0.2) is 12.4 Å². The summed E-state index contributed by atoms with van der Waals surface area (Å²) in [5.74, 6) is -0.706. The number of phenolic OH excluding ortho intramolecular Hbond substituents is 1. The first kappa shape index (κ1) is 14.3. The van der Waals surface area contributed by atoms with Crippen molar-refractivity contribution in [2.24, 2.45) is 0 Å². The molecule has 0 heterocycles. The summed E-state index contributed by atoms with van der Waals surface area (Å²) in [6.07, 6.45) is 3.20. The van der Waals surface area contributed by atoms with Gasteiger partial charge in [-0.25, -0.2) is 4.79 Å². The average Bonchev–Trinajstić information content (AvgIpc) is 3.00.